The number of aromatic nitrogens is 2. The van der Waals surface area contributed by atoms with Crippen LogP contribution in [0.4, 0.5) is 0 Å². The molecule has 2 aromatic heterocycles. The molecular formula is C12H15N3O2. The largest absolute Gasteiger partial charge is 0.389 e. The van der Waals surface area contributed by atoms with E-state index in [2.05, 4.69) is 4.98 Å². The van der Waals surface area contributed by atoms with Crippen LogP contribution in [0.2, 0.25) is 0 Å². The molecule has 1 aliphatic heterocycles. The van der Waals surface area contributed by atoms with Gasteiger partial charge in [-0.15, -0.1) is 0 Å². The summed E-state index contributed by atoms with van der Waals surface area (Å²) in [6, 6.07) is 5.87. The van der Waals surface area contributed by atoms with Gasteiger partial charge in [0.15, 0.2) is 0 Å². The van der Waals surface area contributed by atoms with Crippen molar-refractivity contribution in [3.05, 3.63) is 36.3 Å². The molecule has 0 spiro atoms. The summed E-state index contributed by atoms with van der Waals surface area (Å²) in [6.07, 6.45) is 2.67. The van der Waals surface area contributed by atoms with Gasteiger partial charge in [0.25, 0.3) is 0 Å². The van der Waals surface area contributed by atoms with Crippen molar-refractivity contribution in [3.63, 3.8) is 0 Å². The first kappa shape index (κ1) is 10.7. The minimum Gasteiger partial charge on any atom is -0.389 e. The van der Waals surface area contributed by atoms with Crippen molar-refractivity contribution in [1.29, 1.82) is 0 Å². The maximum Gasteiger partial charge on any atom is 0.137 e. The number of β-amino-alcohol motifs (C(OH)–C–C–N with tert-alkyl or cyclic N) is 2. The SMILES string of the molecule is OC1CN(Cc2cn3ccccc3n2)CC1O. The zero-order valence-corrected chi connectivity index (χ0v) is 9.40. The van der Waals surface area contributed by atoms with Crippen LogP contribution in [0.15, 0.2) is 30.6 Å². The molecule has 5 nitrogen and oxygen atoms in total. The second-order valence-corrected chi connectivity index (χ2v) is 4.53. The average Bonchev–Trinajstić information content (AvgIpc) is 2.83. The van der Waals surface area contributed by atoms with Crippen molar-refractivity contribution in [2.45, 2.75) is 18.8 Å². The van der Waals surface area contributed by atoms with Gasteiger partial charge in [0.05, 0.1) is 17.9 Å². The van der Waals surface area contributed by atoms with Gasteiger partial charge in [-0.3, -0.25) is 4.90 Å². The van der Waals surface area contributed by atoms with E-state index in [9.17, 15) is 10.2 Å². The van der Waals surface area contributed by atoms with Gasteiger partial charge in [0, 0.05) is 32.0 Å². The van der Waals surface area contributed by atoms with Gasteiger partial charge in [-0.2, -0.15) is 0 Å². The van der Waals surface area contributed by atoms with Crippen LogP contribution < -0.4 is 0 Å². The zero-order valence-electron chi connectivity index (χ0n) is 9.40. The van der Waals surface area contributed by atoms with Crippen LogP contribution in [-0.2, 0) is 6.54 Å². The number of hydrogen-bond donors (Lipinski definition) is 2. The van der Waals surface area contributed by atoms with E-state index in [0.29, 0.717) is 19.6 Å². The lowest BCUT2D eigenvalue weighted by atomic mass is 10.3. The molecule has 5 heteroatoms. The highest BCUT2D eigenvalue weighted by Crippen LogP contribution is 2.14. The van der Waals surface area contributed by atoms with Crippen LogP contribution in [0.1, 0.15) is 5.69 Å². The van der Waals surface area contributed by atoms with Crippen molar-refractivity contribution >= 4 is 5.65 Å². The predicted octanol–water partition coefficient (Wildman–Crippen LogP) is -0.128. The molecule has 0 saturated carbocycles. The summed E-state index contributed by atoms with van der Waals surface area (Å²) in [5, 5.41) is 18.9. The maximum absolute atomic E-state index is 9.47. The van der Waals surface area contributed by atoms with Crippen molar-refractivity contribution in [2.24, 2.45) is 0 Å². The highest BCUT2D eigenvalue weighted by molar-refractivity contribution is 5.39. The van der Waals surface area contributed by atoms with Crippen LogP contribution >= 0.6 is 0 Å². The fraction of sp³-hybridized carbons (Fsp3) is 0.417. The molecule has 1 saturated heterocycles. The van der Waals surface area contributed by atoms with Gasteiger partial charge in [0.2, 0.25) is 0 Å². The smallest absolute Gasteiger partial charge is 0.137 e. The molecule has 0 aromatic carbocycles. The van der Waals surface area contributed by atoms with Crippen molar-refractivity contribution in [1.82, 2.24) is 14.3 Å². The van der Waals surface area contributed by atoms with Gasteiger partial charge >= 0.3 is 0 Å². The molecule has 1 fully saturated rings. The van der Waals surface area contributed by atoms with E-state index in [4.69, 9.17) is 0 Å². The Labute approximate surface area is 98.9 Å². The second-order valence-electron chi connectivity index (χ2n) is 4.53. The third-order valence-electron chi connectivity index (χ3n) is 3.13. The number of hydrogen-bond acceptors (Lipinski definition) is 4. The summed E-state index contributed by atoms with van der Waals surface area (Å²) >= 11 is 0. The van der Waals surface area contributed by atoms with E-state index in [1.165, 1.54) is 0 Å². The number of aliphatic hydroxyl groups is 2. The molecule has 2 aromatic rings. The summed E-state index contributed by atoms with van der Waals surface area (Å²) in [5.41, 5.74) is 1.88. The number of nitrogens with zero attached hydrogens (tertiary/aromatic N) is 3. The van der Waals surface area contributed by atoms with E-state index >= 15 is 0 Å². The van der Waals surface area contributed by atoms with Crippen LogP contribution in [0.5, 0.6) is 0 Å². The van der Waals surface area contributed by atoms with E-state index in [1.54, 1.807) is 0 Å². The fourth-order valence-corrected chi connectivity index (χ4v) is 2.27. The van der Waals surface area contributed by atoms with E-state index in [1.807, 2.05) is 39.9 Å². The molecule has 17 heavy (non-hydrogen) atoms. The molecule has 3 heterocycles. The number of aliphatic hydroxyl groups excluding tert-OH is 2. The van der Waals surface area contributed by atoms with Crippen molar-refractivity contribution < 1.29 is 10.2 Å². The number of likely N-dealkylation sites (tertiary alicyclic amines) is 1. The first-order valence-corrected chi connectivity index (χ1v) is 5.73. The van der Waals surface area contributed by atoms with Gasteiger partial charge in [-0.1, -0.05) is 6.07 Å². The Balaban J connectivity index is 1.77. The van der Waals surface area contributed by atoms with Gasteiger partial charge in [-0.05, 0) is 12.1 Å². The van der Waals surface area contributed by atoms with Crippen LogP contribution in [0.25, 0.3) is 5.65 Å². The molecule has 90 valence electrons. The predicted molar refractivity (Wildman–Crippen MR) is 62.5 cm³/mol. The lowest BCUT2D eigenvalue weighted by molar-refractivity contribution is 0.0572. The molecule has 1 aliphatic rings. The molecule has 0 bridgehead atoms. The molecule has 3 rings (SSSR count). The Morgan fingerprint density at radius 2 is 2.00 bits per heavy atom. The average molecular weight is 233 g/mol. The highest BCUT2D eigenvalue weighted by Gasteiger charge is 2.29. The van der Waals surface area contributed by atoms with Crippen molar-refractivity contribution in [3.8, 4) is 0 Å². The first-order chi connectivity index (χ1) is 8.22. The summed E-state index contributed by atoms with van der Waals surface area (Å²) in [6.45, 7) is 1.68. The second kappa shape index (κ2) is 4.10. The Morgan fingerprint density at radius 3 is 2.71 bits per heavy atom. The van der Waals surface area contributed by atoms with Gasteiger partial charge < -0.3 is 14.6 Å². The number of rotatable bonds is 2. The van der Waals surface area contributed by atoms with Crippen LogP contribution in [-0.4, -0.2) is 49.8 Å². The third-order valence-corrected chi connectivity index (χ3v) is 3.13. The van der Waals surface area contributed by atoms with Crippen LogP contribution in [0, 0.1) is 0 Å². The molecular weight excluding hydrogens is 218 g/mol. The minimum atomic E-state index is -0.632. The maximum atomic E-state index is 9.47. The quantitative estimate of drug-likeness (QED) is 0.758. The van der Waals surface area contributed by atoms with E-state index < -0.39 is 12.2 Å². The molecule has 0 amide bonds. The minimum absolute atomic E-state index is 0.509. The monoisotopic (exact) mass is 233 g/mol. The summed E-state index contributed by atoms with van der Waals surface area (Å²) in [7, 11) is 0. The Hall–Kier alpha value is -1.43. The fourth-order valence-electron chi connectivity index (χ4n) is 2.27. The lowest BCUT2D eigenvalue weighted by Gasteiger charge is -2.11. The molecule has 2 N–H and O–H groups in total. The summed E-state index contributed by atoms with van der Waals surface area (Å²) in [4.78, 5) is 6.50. The zero-order chi connectivity index (χ0) is 11.8. The molecule has 0 radical (unpaired) electrons. The Bertz CT molecular complexity index is 482. The number of imidazole rings is 1. The Kier molecular flexibility index (Phi) is 2.58. The summed E-state index contributed by atoms with van der Waals surface area (Å²) in [5.74, 6) is 0. The van der Waals surface area contributed by atoms with E-state index in [0.717, 1.165) is 11.3 Å². The lowest BCUT2D eigenvalue weighted by Crippen LogP contribution is -2.22. The number of pyridine rings is 1. The standard InChI is InChI=1S/C12H15N3O2/c16-10-7-14(8-11(10)17)5-9-6-15-4-2-1-3-12(15)13-9/h1-4,6,10-11,16-17H,5,7-8H2. The van der Waals surface area contributed by atoms with Crippen molar-refractivity contribution in [2.75, 3.05) is 13.1 Å². The molecule has 2 atom stereocenters. The van der Waals surface area contributed by atoms with E-state index in [-0.39, 0.29) is 0 Å². The first-order valence-electron chi connectivity index (χ1n) is 5.73. The van der Waals surface area contributed by atoms with Gasteiger partial charge in [-0.25, -0.2) is 4.98 Å². The normalized spacial score (nSPS) is 25.8. The number of fused-ring (bicyclic) bond motifs is 1. The summed E-state index contributed by atoms with van der Waals surface area (Å²) < 4.78 is 1.97. The molecule has 0 aliphatic carbocycles. The van der Waals surface area contributed by atoms with Gasteiger partial charge in [0.1, 0.15) is 5.65 Å². The van der Waals surface area contributed by atoms with Crippen LogP contribution in [0.3, 0.4) is 0 Å². The molecule has 2 unspecified atom stereocenters. The topological polar surface area (TPSA) is 61.0 Å². The Morgan fingerprint density at radius 1 is 1.24 bits per heavy atom. The third kappa shape index (κ3) is 2.04. The highest BCUT2D eigenvalue weighted by atomic mass is 16.3.